The molecule has 2 aliphatic carbocycles. The average Bonchev–Trinajstić information content (AvgIpc) is 2.54. The summed E-state index contributed by atoms with van der Waals surface area (Å²) in [6, 6.07) is 0. The summed E-state index contributed by atoms with van der Waals surface area (Å²) in [4.78, 5) is 10.5. The van der Waals surface area contributed by atoms with Crippen LogP contribution in [-0.2, 0) is 4.79 Å². The first-order valence-electron chi connectivity index (χ1n) is 9.58. The molecule has 0 aromatic carbocycles. The molecule has 2 aliphatic rings. The molecule has 0 atom stereocenters. The fraction of sp³-hybridized carbons (Fsp3) is 0.850. The maximum Gasteiger partial charge on any atom is 0.327 e. The quantitative estimate of drug-likeness (QED) is 0.602. The third-order valence-electron chi connectivity index (χ3n) is 6.15. The van der Waals surface area contributed by atoms with Gasteiger partial charge in [-0.15, -0.1) is 0 Å². The first-order valence-corrected chi connectivity index (χ1v) is 9.58. The summed E-state index contributed by atoms with van der Waals surface area (Å²) in [7, 11) is 0. The second-order valence-corrected chi connectivity index (χ2v) is 7.68. The predicted molar refractivity (Wildman–Crippen MR) is 91.8 cm³/mol. The van der Waals surface area contributed by atoms with Gasteiger partial charge in [0.25, 0.3) is 0 Å². The summed E-state index contributed by atoms with van der Waals surface area (Å²) in [5.74, 6) is 2.90. The van der Waals surface area contributed by atoms with Gasteiger partial charge in [-0.2, -0.15) is 0 Å². The van der Waals surface area contributed by atoms with Gasteiger partial charge in [-0.25, -0.2) is 4.79 Å². The van der Waals surface area contributed by atoms with Gasteiger partial charge in [0.1, 0.15) is 0 Å². The Labute approximate surface area is 136 Å². The highest BCUT2D eigenvalue weighted by atomic mass is 16.4. The van der Waals surface area contributed by atoms with Crippen LogP contribution < -0.4 is 0 Å². The fourth-order valence-corrected chi connectivity index (χ4v) is 4.70. The summed E-state index contributed by atoms with van der Waals surface area (Å²) in [5, 5.41) is 8.64. The number of allylic oxidation sites excluding steroid dienone is 1. The van der Waals surface area contributed by atoms with Crippen molar-refractivity contribution in [3.63, 3.8) is 0 Å². The van der Waals surface area contributed by atoms with Crippen molar-refractivity contribution >= 4 is 5.97 Å². The lowest BCUT2D eigenvalue weighted by Crippen LogP contribution is -2.25. The maximum absolute atomic E-state index is 10.5. The van der Waals surface area contributed by atoms with E-state index >= 15 is 0 Å². The number of carbonyl (C=O) groups is 1. The van der Waals surface area contributed by atoms with Gasteiger partial charge in [0.05, 0.1) is 0 Å². The Morgan fingerprint density at radius 2 is 1.50 bits per heavy atom. The van der Waals surface area contributed by atoms with E-state index in [9.17, 15) is 4.79 Å². The van der Waals surface area contributed by atoms with E-state index in [1.807, 2.05) is 6.08 Å². The van der Waals surface area contributed by atoms with Crippen molar-refractivity contribution in [2.45, 2.75) is 84.0 Å². The van der Waals surface area contributed by atoms with Crippen LogP contribution in [0.5, 0.6) is 0 Å². The lowest BCUT2D eigenvalue weighted by atomic mass is 9.68. The first-order chi connectivity index (χ1) is 10.7. The standard InChI is InChI=1S/C20H34O2/c1-2-3-5-16-8-12-18(13-9-16)19-14-10-17(11-15-19)6-4-7-20(21)22/h4,7,16-19H,2-3,5-6,8-15H2,1H3,(H,21,22)/b7-4+. The third-order valence-corrected chi connectivity index (χ3v) is 6.15. The Kier molecular flexibility index (Phi) is 7.48. The highest BCUT2D eigenvalue weighted by Gasteiger charge is 2.30. The van der Waals surface area contributed by atoms with Crippen molar-refractivity contribution in [1.82, 2.24) is 0 Å². The normalized spacial score (nSPS) is 33.1. The van der Waals surface area contributed by atoms with Crippen molar-refractivity contribution in [2.75, 3.05) is 0 Å². The molecule has 0 unspecified atom stereocenters. The smallest absolute Gasteiger partial charge is 0.327 e. The zero-order valence-corrected chi connectivity index (χ0v) is 14.3. The van der Waals surface area contributed by atoms with E-state index in [-0.39, 0.29) is 0 Å². The zero-order chi connectivity index (χ0) is 15.8. The molecule has 2 saturated carbocycles. The van der Waals surface area contributed by atoms with Gasteiger partial charge >= 0.3 is 5.97 Å². The largest absolute Gasteiger partial charge is 0.478 e. The molecule has 126 valence electrons. The first kappa shape index (κ1) is 17.6. The minimum atomic E-state index is -0.812. The third kappa shape index (κ3) is 5.78. The molecule has 0 spiro atoms. The summed E-state index contributed by atoms with van der Waals surface area (Å²) in [6.07, 6.45) is 19.7. The predicted octanol–water partition coefficient (Wildman–Crippen LogP) is 5.82. The van der Waals surface area contributed by atoms with Gasteiger partial charge in [-0.05, 0) is 68.6 Å². The molecular weight excluding hydrogens is 272 g/mol. The second kappa shape index (κ2) is 9.37. The minimum Gasteiger partial charge on any atom is -0.478 e. The van der Waals surface area contributed by atoms with Crippen LogP contribution in [0.1, 0.15) is 84.0 Å². The van der Waals surface area contributed by atoms with Crippen molar-refractivity contribution in [1.29, 1.82) is 0 Å². The number of hydrogen-bond acceptors (Lipinski definition) is 1. The summed E-state index contributed by atoms with van der Waals surface area (Å²) < 4.78 is 0. The van der Waals surface area contributed by atoms with E-state index in [2.05, 4.69) is 6.92 Å². The summed E-state index contributed by atoms with van der Waals surface area (Å²) in [5.41, 5.74) is 0. The van der Waals surface area contributed by atoms with Crippen LogP contribution in [0, 0.1) is 23.7 Å². The van der Waals surface area contributed by atoms with Crippen LogP contribution in [0.25, 0.3) is 0 Å². The molecule has 0 bridgehead atoms. The van der Waals surface area contributed by atoms with Crippen LogP contribution in [0.2, 0.25) is 0 Å². The SMILES string of the molecule is CCCCC1CCC(C2CCC(C/C=C/C(=O)O)CC2)CC1. The minimum absolute atomic E-state index is 0.729. The molecular formula is C20H34O2. The topological polar surface area (TPSA) is 37.3 Å². The Balaban J connectivity index is 1.64. The van der Waals surface area contributed by atoms with E-state index < -0.39 is 5.97 Å². The maximum atomic E-state index is 10.5. The average molecular weight is 306 g/mol. The molecule has 0 saturated heterocycles. The van der Waals surface area contributed by atoms with Gasteiger partial charge in [-0.1, -0.05) is 45.1 Å². The molecule has 0 aromatic rings. The molecule has 0 amide bonds. The van der Waals surface area contributed by atoms with Crippen molar-refractivity contribution in [3.8, 4) is 0 Å². The number of rotatable bonds is 7. The molecule has 0 radical (unpaired) electrons. The Hall–Kier alpha value is -0.790. The fourth-order valence-electron chi connectivity index (χ4n) is 4.70. The Morgan fingerprint density at radius 3 is 2.00 bits per heavy atom. The van der Waals surface area contributed by atoms with Crippen LogP contribution in [0.4, 0.5) is 0 Å². The molecule has 0 aromatic heterocycles. The van der Waals surface area contributed by atoms with E-state index in [1.165, 1.54) is 76.7 Å². The molecule has 2 nitrogen and oxygen atoms in total. The van der Waals surface area contributed by atoms with E-state index in [1.54, 1.807) is 0 Å². The van der Waals surface area contributed by atoms with Gasteiger partial charge in [0, 0.05) is 6.08 Å². The molecule has 0 aliphatic heterocycles. The lowest BCUT2D eigenvalue weighted by Gasteiger charge is -2.37. The number of carboxylic acid groups (broad SMARTS) is 1. The van der Waals surface area contributed by atoms with Gasteiger partial charge in [0.15, 0.2) is 0 Å². The van der Waals surface area contributed by atoms with Crippen LogP contribution in [0.15, 0.2) is 12.2 Å². The molecule has 0 heterocycles. The van der Waals surface area contributed by atoms with E-state index in [4.69, 9.17) is 5.11 Å². The van der Waals surface area contributed by atoms with Crippen LogP contribution in [-0.4, -0.2) is 11.1 Å². The van der Waals surface area contributed by atoms with E-state index in [0.717, 1.165) is 30.1 Å². The molecule has 1 N–H and O–H groups in total. The molecule has 22 heavy (non-hydrogen) atoms. The lowest BCUT2D eigenvalue weighted by molar-refractivity contribution is -0.131. The molecule has 2 rings (SSSR count). The number of carboxylic acids is 1. The zero-order valence-electron chi connectivity index (χ0n) is 14.3. The van der Waals surface area contributed by atoms with Gasteiger partial charge in [-0.3, -0.25) is 0 Å². The number of aliphatic carboxylic acids is 1. The van der Waals surface area contributed by atoms with Crippen molar-refractivity contribution in [2.24, 2.45) is 23.7 Å². The summed E-state index contributed by atoms with van der Waals surface area (Å²) >= 11 is 0. The monoisotopic (exact) mass is 306 g/mol. The highest BCUT2D eigenvalue weighted by Crippen LogP contribution is 2.42. The highest BCUT2D eigenvalue weighted by molar-refractivity contribution is 5.79. The van der Waals surface area contributed by atoms with Gasteiger partial charge in [0.2, 0.25) is 0 Å². The number of unbranched alkanes of at least 4 members (excludes halogenated alkanes) is 1. The van der Waals surface area contributed by atoms with Crippen LogP contribution >= 0.6 is 0 Å². The van der Waals surface area contributed by atoms with Crippen molar-refractivity contribution in [3.05, 3.63) is 12.2 Å². The molecule has 2 heteroatoms. The summed E-state index contributed by atoms with van der Waals surface area (Å²) in [6.45, 7) is 2.30. The number of hydrogen-bond donors (Lipinski definition) is 1. The Bertz CT molecular complexity index is 345. The second-order valence-electron chi connectivity index (χ2n) is 7.68. The Morgan fingerprint density at radius 1 is 0.955 bits per heavy atom. The van der Waals surface area contributed by atoms with Gasteiger partial charge < -0.3 is 5.11 Å². The van der Waals surface area contributed by atoms with Crippen LogP contribution in [0.3, 0.4) is 0 Å². The molecule has 2 fully saturated rings. The van der Waals surface area contributed by atoms with E-state index in [0.29, 0.717) is 0 Å². The van der Waals surface area contributed by atoms with Crippen molar-refractivity contribution < 1.29 is 9.90 Å².